The van der Waals surface area contributed by atoms with Gasteiger partial charge >= 0.3 is 0 Å². The minimum atomic E-state index is 0.524. The van der Waals surface area contributed by atoms with Gasteiger partial charge in [0.1, 0.15) is 5.82 Å². The quantitative estimate of drug-likeness (QED) is 0.568. The van der Waals surface area contributed by atoms with Gasteiger partial charge < -0.3 is 10.2 Å². The summed E-state index contributed by atoms with van der Waals surface area (Å²) >= 11 is 0. The molecule has 3 aliphatic rings. The Balaban J connectivity index is 1.15. The van der Waals surface area contributed by atoms with Crippen LogP contribution in [-0.2, 0) is 7.05 Å². The van der Waals surface area contributed by atoms with Crippen molar-refractivity contribution in [3.8, 4) is 11.3 Å². The third-order valence-electron chi connectivity index (χ3n) is 9.16. The monoisotopic (exact) mass is 464 g/mol. The molecule has 6 nitrogen and oxygen atoms in total. The molecule has 34 heavy (non-hydrogen) atoms. The Morgan fingerprint density at radius 1 is 1.03 bits per heavy atom. The lowest BCUT2D eigenvalue weighted by atomic mass is 9.73. The highest BCUT2D eigenvalue weighted by Crippen LogP contribution is 2.46. The van der Waals surface area contributed by atoms with E-state index in [0.29, 0.717) is 11.5 Å². The molecular formula is C28H44N6. The van der Waals surface area contributed by atoms with E-state index in [2.05, 4.69) is 58.4 Å². The van der Waals surface area contributed by atoms with Crippen molar-refractivity contribution in [3.63, 3.8) is 0 Å². The molecule has 2 saturated carbocycles. The Bertz CT molecular complexity index is 940. The van der Waals surface area contributed by atoms with E-state index in [9.17, 15) is 0 Å². The number of aryl methyl sites for hydroxylation is 2. The Morgan fingerprint density at radius 3 is 2.24 bits per heavy atom. The van der Waals surface area contributed by atoms with Crippen molar-refractivity contribution < 1.29 is 0 Å². The number of hydrogen-bond acceptors (Lipinski definition) is 5. The maximum atomic E-state index is 4.49. The van der Waals surface area contributed by atoms with E-state index in [1.54, 1.807) is 0 Å². The number of aromatic nitrogens is 4. The molecule has 0 amide bonds. The Labute approximate surface area is 205 Å². The van der Waals surface area contributed by atoms with Crippen LogP contribution in [0.4, 0.5) is 5.82 Å². The second kappa shape index (κ2) is 9.60. The first-order valence-electron chi connectivity index (χ1n) is 13.7. The lowest BCUT2D eigenvalue weighted by Crippen LogP contribution is -2.38. The third kappa shape index (κ3) is 5.02. The average Bonchev–Trinajstić information content (AvgIpc) is 3.41. The molecule has 186 valence electrons. The first-order valence-corrected chi connectivity index (χ1v) is 13.7. The smallest absolute Gasteiger partial charge is 0.148 e. The van der Waals surface area contributed by atoms with Crippen LogP contribution in [0.5, 0.6) is 0 Å². The second-order valence-electron chi connectivity index (χ2n) is 12.2. The first-order chi connectivity index (χ1) is 16.3. The van der Waals surface area contributed by atoms with Crippen molar-refractivity contribution in [1.29, 1.82) is 0 Å². The van der Waals surface area contributed by atoms with Crippen LogP contribution < -0.4 is 5.32 Å². The largest absolute Gasteiger partial charge is 0.366 e. The summed E-state index contributed by atoms with van der Waals surface area (Å²) in [5, 5.41) is 17.1. The van der Waals surface area contributed by atoms with Gasteiger partial charge in [-0.2, -0.15) is 5.10 Å². The molecule has 3 heterocycles. The zero-order valence-electron chi connectivity index (χ0n) is 21.9. The highest BCUT2D eigenvalue weighted by Gasteiger charge is 2.44. The lowest BCUT2D eigenvalue weighted by molar-refractivity contribution is 0.112. The van der Waals surface area contributed by atoms with E-state index in [-0.39, 0.29) is 0 Å². The molecule has 6 heteroatoms. The van der Waals surface area contributed by atoms with Crippen LogP contribution >= 0.6 is 0 Å². The van der Waals surface area contributed by atoms with E-state index in [1.807, 2.05) is 24.9 Å². The summed E-state index contributed by atoms with van der Waals surface area (Å²) in [7, 11) is 1.94. The fraction of sp³-hybridized carbons (Fsp3) is 0.750. The normalized spacial score (nSPS) is 34.2. The molecule has 1 saturated heterocycles. The highest BCUT2D eigenvalue weighted by atomic mass is 15.3. The molecule has 5 atom stereocenters. The van der Waals surface area contributed by atoms with Crippen molar-refractivity contribution >= 4 is 5.82 Å². The van der Waals surface area contributed by atoms with Gasteiger partial charge in [-0.3, -0.25) is 4.68 Å². The summed E-state index contributed by atoms with van der Waals surface area (Å²) in [5.74, 6) is 4.33. The van der Waals surface area contributed by atoms with Crippen LogP contribution in [0.2, 0.25) is 0 Å². The Kier molecular flexibility index (Phi) is 6.71. The third-order valence-corrected chi connectivity index (χ3v) is 9.16. The standard InChI is InChI=1S/C28H44N6/c1-6-28(13-19(2)7-8-20(3)14-28)18-34-15-22-11-24(12-23(22)16-34)29-27-10-9-26(30-31-27)25-17-33(5)32-21(25)4/h9-10,17,19-20,22-24H,6-8,11-16,18H2,1-5H3,(H,29,31)/t19?,20?,22-,23+,24?,28?. The van der Waals surface area contributed by atoms with Crippen LogP contribution in [-0.4, -0.2) is 50.6 Å². The first kappa shape index (κ1) is 23.8. The predicted molar refractivity (Wildman–Crippen MR) is 139 cm³/mol. The van der Waals surface area contributed by atoms with Gasteiger partial charge in [-0.1, -0.05) is 33.6 Å². The van der Waals surface area contributed by atoms with E-state index >= 15 is 0 Å². The summed E-state index contributed by atoms with van der Waals surface area (Å²) in [6.45, 7) is 13.3. The molecule has 3 fully saturated rings. The Hall–Kier alpha value is -1.95. The summed E-state index contributed by atoms with van der Waals surface area (Å²) < 4.78 is 1.83. The maximum absolute atomic E-state index is 4.49. The molecule has 2 aliphatic carbocycles. The number of nitrogens with zero attached hydrogens (tertiary/aromatic N) is 5. The molecule has 1 aliphatic heterocycles. The summed E-state index contributed by atoms with van der Waals surface area (Å²) in [5.41, 5.74) is 3.47. The van der Waals surface area contributed by atoms with Crippen molar-refractivity contribution in [2.75, 3.05) is 25.0 Å². The molecular weight excluding hydrogens is 420 g/mol. The van der Waals surface area contributed by atoms with Gasteiger partial charge in [-0.05, 0) is 80.2 Å². The summed E-state index contributed by atoms with van der Waals surface area (Å²) in [4.78, 5) is 2.84. The van der Waals surface area contributed by atoms with Crippen molar-refractivity contribution in [1.82, 2.24) is 24.9 Å². The van der Waals surface area contributed by atoms with Gasteiger partial charge in [0, 0.05) is 44.5 Å². The molecule has 0 aromatic carbocycles. The fourth-order valence-corrected chi connectivity index (χ4v) is 7.60. The van der Waals surface area contributed by atoms with E-state index in [0.717, 1.165) is 46.4 Å². The van der Waals surface area contributed by atoms with E-state index in [1.165, 1.54) is 64.6 Å². The molecule has 5 rings (SSSR count). The minimum Gasteiger partial charge on any atom is -0.366 e. The average molecular weight is 465 g/mol. The van der Waals surface area contributed by atoms with Crippen LogP contribution in [0.25, 0.3) is 11.3 Å². The molecule has 1 N–H and O–H groups in total. The summed E-state index contributed by atoms with van der Waals surface area (Å²) in [6.07, 6.45) is 11.6. The highest BCUT2D eigenvalue weighted by molar-refractivity contribution is 5.61. The van der Waals surface area contributed by atoms with Gasteiger partial charge in [0.15, 0.2) is 0 Å². The van der Waals surface area contributed by atoms with Crippen LogP contribution in [0.3, 0.4) is 0 Å². The Morgan fingerprint density at radius 2 is 1.71 bits per heavy atom. The van der Waals surface area contributed by atoms with Gasteiger partial charge in [0.25, 0.3) is 0 Å². The number of nitrogens with one attached hydrogen (secondary N) is 1. The number of rotatable bonds is 6. The van der Waals surface area contributed by atoms with Crippen LogP contribution in [0.1, 0.15) is 71.4 Å². The number of likely N-dealkylation sites (tertiary alicyclic amines) is 1. The van der Waals surface area contributed by atoms with Gasteiger partial charge in [-0.25, -0.2) is 0 Å². The van der Waals surface area contributed by atoms with Crippen molar-refractivity contribution in [3.05, 3.63) is 24.0 Å². The SMILES string of the molecule is CCC1(CN2C[C@H]3CC(Nc4ccc(-c5cn(C)nc5C)nn4)C[C@H]3C2)CC(C)CCC(C)C1. The van der Waals surface area contributed by atoms with E-state index < -0.39 is 0 Å². The van der Waals surface area contributed by atoms with Gasteiger partial charge in [-0.15, -0.1) is 10.2 Å². The molecule has 3 unspecified atom stereocenters. The molecule has 2 aromatic rings. The molecule has 2 aromatic heterocycles. The second-order valence-corrected chi connectivity index (χ2v) is 12.2. The summed E-state index contributed by atoms with van der Waals surface area (Å²) in [6, 6.07) is 4.67. The van der Waals surface area contributed by atoms with Crippen LogP contribution in [0.15, 0.2) is 18.3 Å². The zero-order valence-corrected chi connectivity index (χ0v) is 21.9. The maximum Gasteiger partial charge on any atom is 0.148 e. The molecule has 0 radical (unpaired) electrons. The number of hydrogen-bond donors (Lipinski definition) is 1. The van der Waals surface area contributed by atoms with Gasteiger partial charge in [0.05, 0.1) is 11.4 Å². The number of anilines is 1. The minimum absolute atomic E-state index is 0.524. The molecule has 0 bridgehead atoms. The zero-order chi connectivity index (χ0) is 23.9. The van der Waals surface area contributed by atoms with Crippen molar-refractivity contribution in [2.24, 2.45) is 36.1 Å². The predicted octanol–water partition coefficient (Wildman–Crippen LogP) is 5.55. The van der Waals surface area contributed by atoms with Crippen molar-refractivity contribution in [2.45, 2.75) is 78.7 Å². The topological polar surface area (TPSA) is 58.9 Å². The van der Waals surface area contributed by atoms with Gasteiger partial charge in [0.2, 0.25) is 0 Å². The van der Waals surface area contributed by atoms with Crippen LogP contribution in [0, 0.1) is 36.0 Å². The molecule has 0 spiro atoms. The lowest BCUT2D eigenvalue weighted by Gasteiger charge is -2.38. The fourth-order valence-electron chi connectivity index (χ4n) is 7.60. The number of fused-ring (bicyclic) bond motifs is 1. The van der Waals surface area contributed by atoms with E-state index in [4.69, 9.17) is 0 Å².